The molecular weight excluding hydrogens is 270 g/mol. The zero-order chi connectivity index (χ0) is 13.9. The van der Waals surface area contributed by atoms with Gasteiger partial charge in [0, 0.05) is 17.3 Å². The van der Waals surface area contributed by atoms with Crippen molar-refractivity contribution in [1.82, 2.24) is 5.43 Å². The van der Waals surface area contributed by atoms with Crippen LogP contribution in [0.15, 0.2) is 41.5 Å². The summed E-state index contributed by atoms with van der Waals surface area (Å²) < 4.78 is 5.11. The molecule has 0 aliphatic heterocycles. The van der Waals surface area contributed by atoms with E-state index in [1.807, 2.05) is 24.3 Å². The summed E-state index contributed by atoms with van der Waals surface area (Å²) in [6.45, 7) is 0. The summed E-state index contributed by atoms with van der Waals surface area (Å²) >= 11 is 5.23. The molecule has 0 radical (unpaired) electrons. The highest BCUT2D eigenvalue weighted by Crippen LogP contribution is 2.40. The van der Waals surface area contributed by atoms with Gasteiger partial charge in [-0.15, -0.1) is 0 Å². The Morgan fingerprint density at radius 1 is 1.35 bits per heavy atom. The predicted molar refractivity (Wildman–Crippen MR) is 85.1 cm³/mol. The van der Waals surface area contributed by atoms with Crippen LogP contribution in [0, 0.1) is 11.8 Å². The maximum atomic E-state index is 5.23. The summed E-state index contributed by atoms with van der Waals surface area (Å²) in [7, 11) is 1.65. The van der Waals surface area contributed by atoms with Crippen LogP contribution in [0.4, 0.5) is 5.69 Å². The number of hydrogen-bond acceptors (Lipinski definition) is 3. The van der Waals surface area contributed by atoms with Gasteiger partial charge in [0.05, 0.1) is 7.11 Å². The monoisotopic (exact) mass is 287 g/mol. The molecule has 20 heavy (non-hydrogen) atoms. The third-order valence-electron chi connectivity index (χ3n) is 3.81. The molecule has 2 N–H and O–H groups in total. The fraction of sp³-hybridized carbons (Fsp3) is 0.333. The van der Waals surface area contributed by atoms with Crippen molar-refractivity contribution in [2.75, 3.05) is 12.4 Å². The van der Waals surface area contributed by atoms with E-state index < -0.39 is 0 Å². The Morgan fingerprint density at radius 2 is 2.15 bits per heavy atom. The molecule has 0 saturated heterocycles. The van der Waals surface area contributed by atoms with E-state index in [4.69, 9.17) is 17.0 Å². The second-order valence-corrected chi connectivity index (χ2v) is 5.44. The molecule has 0 bridgehead atoms. The standard InChI is InChI=1S/C15H17N3OS/c1-19-12-7-5-11(6-8-12)16-15(20)18-17-14-9-10-3-2-4-13(10)14/h2-3,5-8,10,13H,4,9H2,1H3,(H2,16,18,20)/b17-14-/t10-,13-/m1/s1. The average Bonchev–Trinajstić information content (AvgIpc) is 2.81. The number of thiocarbonyl (C=S) groups is 1. The Hall–Kier alpha value is -1.88. The van der Waals surface area contributed by atoms with Gasteiger partial charge in [-0.1, -0.05) is 12.2 Å². The smallest absolute Gasteiger partial charge is 0.191 e. The number of ether oxygens (including phenoxy) is 1. The molecule has 104 valence electrons. The zero-order valence-electron chi connectivity index (χ0n) is 11.3. The van der Waals surface area contributed by atoms with E-state index in [1.54, 1.807) is 7.11 Å². The van der Waals surface area contributed by atoms with Crippen LogP contribution in [0.1, 0.15) is 12.8 Å². The maximum absolute atomic E-state index is 5.23. The first kappa shape index (κ1) is 13.1. The van der Waals surface area contributed by atoms with E-state index in [-0.39, 0.29) is 0 Å². The number of fused-ring (bicyclic) bond motifs is 1. The number of methoxy groups -OCH3 is 1. The molecule has 1 saturated carbocycles. The molecule has 0 aromatic heterocycles. The molecule has 1 aromatic rings. The van der Waals surface area contributed by atoms with Gasteiger partial charge in [-0.25, -0.2) is 0 Å². The Bertz CT molecular complexity index is 565. The molecule has 2 aliphatic carbocycles. The molecule has 1 aromatic carbocycles. The number of anilines is 1. The molecule has 4 nitrogen and oxygen atoms in total. The highest BCUT2D eigenvalue weighted by atomic mass is 32.1. The lowest BCUT2D eigenvalue weighted by Gasteiger charge is -2.31. The molecule has 0 spiro atoms. The normalized spacial score (nSPS) is 24.9. The largest absolute Gasteiger partial charge is 0.497 e. The summed E-state index contributed by atoms with van der Waals surface area (Å²) in [6, 6.07) is 7.61. The van der Waals surface area contributed by atoms with Crippen LogP contribution in [0.5, 0.6) is 5.75 Å². The van der Waals surface area contributed by atoms with Crippen LogP contribution >= 0.6 is 12.2 Å². The summed E-state index contributed by atoms with van der Waals surface area (Å²) in [5, 5.41) is 8.01. The molecule has 2 aliphatic rings. The molecule has 0 heterocycles. The SMILES string of the molecule is COc1ccc(NC(=S)N/N=C2/C[C@H]3C=CC[C@@H]23)cc1. The number of benzene rings is 1. The van der Waals surface area contributed by atoms with Crippen LogP contribution in [0.2, 0.25) is 0 Å². The van der Waals surface area contributed by atoms with Gasteiger partial charge in [-0.05, 0) is 55.2 Å². The van der Waals surface area contributed by atoms with Crippen molar-refractivity contribution in [3.8, 4) is 5.75 Å². The summed E-state index contributed by atoms with van der Waals surface area (Å²) in [4.78, 5) is 0. The van der Waals surface area contributed by atoms with Gasteiger partial charge in [-0.2, -0.15) is 5.10 Å². The lowest BCUT2D eigenvalue weighted by Crippen LogP contribution is -2.36. The average molecular weight is 287 g/mol. The lowest BCUT2D eigenvalue weighted by molar-refractivity contribution is 0.415. The minimum atomic E-state index is 0.511. The molecule has 5 heteroatoms. The number of allylic oxidation sites excluding steroid dienone is 2. The van der Waals surface area contributed by atoms with Crippen molar-refractivity contribution in [3.63, 3.8) is 0 Å². The van der Waals surface area contributed by atoms with Crippen molar-refractivity contribution >= 4 is 28.7 Å². The molecule has 3 rings (SSSR count). The zero-order valence-corrected chi connectivity index (χ0v) is 12.1. The Morgan fingerprint density at radius 3 is 2.85 bits per heavy atom. The number of hydrogen-bond donors (Lipinski definition) is 2. The van der Waals surface area contributed by atoms with Gasteiger partial charge in [0.25, 0.3) is 0 Å². The van der Waals surface area contributed by atoms with Gasteiger partial charge in [0.15, 0.2) is 5.11 Å². The lowest BCUT2D eigenvalue weighted by atomic mass is 9.74. The molecule has 0 unspecified atom stereocenters. The van der Waals surface area contributed by atoms with Gasteiger partial charge in [0.1, 0.15) is 5.75 Å². The highest BCUT2D eigenvalue weighted by molar-refractivity contribution is 7.80. The van der Waals surface area contributed by atoms with E-state index in [2.05, 4.69) is 28.0 Å². The Balaban J connectivity index is 1.51. The van der Waals surface area contributed by atoms with E-state index >= 15 is 0 Å². The van der Waals surface area contributed by atoms with Gasteiger partial charge in [-0.3, -0.25) is 5.43 Å². The number of hydrazone groups is 1. The molecule has 2 atom stereocenters. The topological polar surface area (TPSA) is 45.6 Å². The van der Waals surface area contributed by atoms with Gasteiger partial charge >= 0.3 is 0 Å². The molecular formula is C15H17N3OS. The van der Waals surface area contributed by atoms with E-state index in [9.17, 15) is 0 Å². The van der Waals surface area contributed by atoms with Crippen LogP contribution in [-0.2, 0) is 0 Å². The Kier molecular flexibility index (Phi) is 3.69. The molecule has 1 fully saturated rings. The first-order valence-electron chi connectivity index (χ1n) is 6.70. The summed E-state index contributed by atoms with van der Waals surface area (Å²) in [5.74, 6) is 2.13. The summed E-state index contributed by atoms with van der Waals surface area (Å²) in [6.07, 6.45) is 6.70. The van der Waals surface area contributed by atoms with Crippen LogP contribution in [0.3, 0.4) is 0 Å². The third-order valence-corrected chi connectivity index (χ3v) is 4.01. The second-order valence-electron chi connectivity index (χ2n) is 5.04. The highest BCUT2D eigenvalue weighted by Gasteiger charge is 2.37. The van der Waals surface area contributed by atoms with Crippen molar-refractivity contribution in [2.45, 2.75) is 12.8 Å². The first-order chi connectivity index (χ1) is 9.76. The van der Waals surface area contributed by atoms with Crippen molar-refractivity contribution in [2.24, 2.45) is 16.9 Å². The van der Waals surface area contributed by atoms with Crippen LogP contribution < -0.4 is 15.5 Å². The van der Waals surface area contributed by atoms with Gasteiger partial charge < -0.3 is 10.1 Å². The predicted octanol–water partition coefficient (Wildman–Crippen LogP) is 2.93. The Labute approximate surface area is 123 Å². The van der Waals surface area contributed by atoms with E-state index in [1.165, 1.54) is 5.71 Å². The first-order valence-corrected chi connectivity index (χ1v) is 7.11. The number of nitrogens with zero attached hydrogens (tertiary/aromatic N) is 1. The molecule has 0 amide bonds. The summed E-state index contributed by atoms with van der Waals surface area (Å²) in [5.41, 5.74) is 5.06. The second kappa shape index (κ2) is 5.63. The van der Waals surface area contributed by atoms with Crippen molar-refractivity contribution in [1.29, 1.82) is 0 Å². The quantitative estimate of drug-likeness (QED) is 0.510. The van der Waals surface area contributed by atoms with E-state index in [0.717, 1.165) is 24.3 Å². The van der Waals surface area contributed by atoms with Gasteiger partial charge in [0.2, 0.25) is 0 Å². The third kappa shape index (κ3) is 2.67. The van der Waals surface area contributed by atoms with Crippen LogP contribution in [0.25, 0.3) is 0 Å². The minimum absolute atomic E-state index is 0.511. The van der Waals surface area contributed by atoms with E-state index in [0.29, 0.717) is 16.9 Å². The maximum Gasteiger partial charge on any atom is 0.191 e. The minimum Gasteiger partial charge on any atom is -0.497 e. The fourth-order valence-corrected chi connectivity index (χ4v) is 2.78. The number of rotatable bonds is 3. The van der Waals surface area contributed by atoms with Crippen molar-refractivity contribution in [3.05, 3.63) is 36.4 Å². The van der Waals surface area contributed by atoms with Crippen molar-refractivity contribution < 1.29 is 4.74 Å². The fourth-order valence-electron chi connectivity index (χ4n) is 2.62. The van der Waals surface area contributed by atoms with Crippen LogP contribution in [-0.4, -0.2) is 17.9 Å². The number of nitrogens with one attached hydrogen (secondary N) is 2.